The highest BCUT2D eigenvalue weighted by molar-refractivity contribution is 9.10. The van der Waals surface area contributed by atoms with Crippen LogP contribution in [0.3, 0.4) is 0 Å². The first-order chi connectivity index (χ1) is 10.8. The molecule has 3 nitrogen and oxygen atoms in total. The summed E-state index contributed by atoms with van der Waals surface area (Å²) in [6.07, 6.45) is -4.61. The third kappa shape index (κ3) is 4.87. The summed E-state index contributed by atoms with van der Waals surface area (Å²) in [6, 6.07) is 9.90. The van der Waals surface area contributed by atoms with Crippen LogP contribution < -0.4 is 10.1 Å². The number of halogens is 5. The lowest BCUT2D eigenvalue weighted by atomic mass is 10.1. The topological polar surface area (TPSA) is 38.3 Å². The highest BCUT2D eigenvalue weighted by atomic mass is 79.9. The number of benzene rings is 2. The van der Waals surface area contributed by atoms with Gasteiger partial charge in [0.25, 0.3) is 0 Å². The SMILES string of the molecule is O=C(CCl)Nc1cc(Oc2ccc(Br)cc2)ccc1C(F)(F)F. The zero-order valence-corrected chi connectivity index (χ0v) is 13.8. The molecule has 2 aromatic rings. The Kier molecular flexibility index (Phi) is 5.54. The monoisotopic (exact) mass is 407 g/mol. The van der Waals surface area contributed by atoms with Gasteiger partial charge in [-0.05, 0) is 36.4 Å². The van der Waals surface area contributed by atoms with Gasteiger partial charge in [-0.2, -0.15) is 13.2 Å². The third-order valence-corrected chi connectivity index (χ3v) is 3.51. The maximum atomic E-state index is 13.0. The van der Waals surface area contributed by atoms with Crippen molar-refractivity contribution in [1.82, 2.24) is 0 Å². The average molecular weight is 409 g/mol. The summed E-state index contributed by atoms with van der Waals surface area (Å²) in [7, 11) is 0. The van der Waals surface area contributed by atoms with Crippen LogP contribution in [0.4, 0.5) is 18.9 Å². The zero-order valence-electron chi connectivity index (χ0n) is 11.5. The van der Waals surface area contributed by atoms with Crippen LogP contribution >= 0.6 is 27.5 Å². The normalized spacial score (nSPS) is 11.2. The van der Waals surface area contributed by atoms with Gasteiger partial charge < -0.3 is 10.1 Å². The van der Waals surface area contributed by atoms with Crippen LogP contribution in [0.1, 0.15) is 5.56 Å². The Labute approximate surface area is 143 Å². The quantitative estimate of drug-likeness (QED) is 0.684. The van der Waals surface area contributed by atoms with E-state index in [1.54, 1.807) is 24.3 Å². The highest BCUT2D eigenvalue weighted by Crippen LogP contribution is 2.37. The van der Waals surface area contributed by atoms with Gasteiger partial charge in [0.05, 0.1) is 11.3 Å². The van der Waals surface area contributed by atoms with E-state index in [4.69, 9.17) is 16.3 Å². The minimum Gasteiger partial charge on any atom is -0.457 e. The van der Waals surface area contributed by atoms with Gasteiger partial charge in [-0.3, -0.25) is 4.79 Å². The fraction of sp³-hybridized carbons (Fsp3) is 0.133. The van der Waals surface area contributed by atoms with Crippen LogP contribution in [-0.4, -0.2) is 11.8 Å². The maximum absolute atomic E-state index is 13.0. The van der Waals surface area contributed by atoms with Crippen LogP contribution in [0.25, 0.3) is 0 Å². The van der Waals surface area contributed by atoms with Crippen molar-refractivity contribution in [3.63, 3.8) is 0 Å². The van der Waals surface area contributed by atoms with Gasteiger partial charge in [0.2, 0.25) is 5.91 Å². The van der Waals surface area contributed by atoms with E-state index in [9.17, 15) is 18.0 Å². The summed E-state index contributed by atoms with van der Waals surface area (Å²) in [5, 5.41) is 2.12. The van der Waals surface area contributed by atoms with Gasteiger partial charge >= 0.3 is 6.18 Å². The van der Waals surface area contributed by atoms with Crippen molar-refractivity contribution >= 4 is 39.1 Å². The van der Waals surface area contributed by atoms with Gasteiger partial charge in [0.15, 0.2) is 0 Å². The molecular formula is C15H10BrClF3NO2. The van der Waals surface area contributed by atoms with Crippen molar-refractivity contribution in [1.29, 1.82) is 0 Å². The number of amides is 1. The zero-order chi connectivity index (χ0) is 17.0. The van der Waals surface area contributed by atoms with E-state index in [-0.39, 0.29) is 5.75 Å². The second-order valence-electron chi connectivity index (χ2n) is 4.44. The maximum Gasteiger partial charge on any atom is 0.418 e. The van der Waals surface area contributed by atoms with E-state index in [1.165, 1.54) is 6.07 Å². The second-order valence-corrected chi connectivity index (χ2v) is 5.63. The molecule has 0 saturated carbocycles. The van der Waals surface area contributed by atoms with Crippen LogP contribution in [0.2, 0.25) is 0 Å². The number of carbonyl (C=O) groups is 1. The van der Waals surface area contributed by atoms with E-state index >= 15 is 0 Å². The molecular weight excluding hydrogens is 399 g/mol. The summed E-state index contributed by atoms with van der Waals surface area (Å²) in [5.41, 5.74) is -1.38. The first-order valence-corrected chi connectivity index (χ1v) is 7.63. The summed E-state index contributed by atoms with van der Waals surface area (Å²) < 4.78 is 45.3. The molecule has 0 heterocycles. The molecule has 0 aliphatic heterocycles. The summed E-state index contributed by atoms with van der Waals surface area (Å²) in [4.78, 5) is 11.3. The van der Waals surface area contributed by atoms with E-state index in [2.05, 4.69) is 21.2 Å². The Morgan fingerprint density at radius 3 is 2.30 bits per heavy atom. The van der Waals surface area contributed by atoms with E-state index in [1.807, 2.05) is 0 Å². The highest BCUT2D eigenvalue weighted by Gasteiger charge is 2.34. The van der Waals surface area contributed by atoms with Gasteiger partial charge in [0.1, 0.15) is 17.4 Å². The molecule has 0 aliphatic rings. The molecule has 23 heavy (non-hydrogen) atoms. The van der Waals surface area contributed by atoms with Gasteiger partial charge in [0, 0.05) is 10.5 Å². The van der Waals surface area contributed by atoms with Crippen molar-refractivity contribution in [3.8, 4) is 11.5 Å². The first kappa shape index (κ1) is 17.6. The van der Waals surface area contributed by atoms with Gasteiger partial charge in [-0.25, -0.2) is 0 Å². The number of carbonyl (C=O) groups excluding carboxylic acids is 1. The molecule has 122 valence electrons. The molecule has 1 N–H and O–H groups in total. The molecule has 0 fully saturated rings. The van der Waals surface area contributed by atoms with E-state index in [0.29, 0.717) is 5.75 Å². The van der Waals surface area contributed by atoms with Crippen molar-refractivity contribution in [3.05, 3.63) is 52.5 Å². The number of hydrogen-bond acceptors (Lipinski definition) is 2. The Morgan fingerprint density at radius 1 is 1.13 bits per heavy atom. The van der Waals surface area contributed by atoms with Crippen LogP contribution in [0, 0.1) is 0 Å². The molecule has 0 bridgehead atoms. The molecule has 0 spiro atoms. The summed E-state index contributed by atoms with van der Waals surface area (Å²) in [6.45, 7) is 0. The lowest BCUT2D eigenvalue weighted by molar-refractivity contribution is -0.137. The fourth-order valence-electron chi connectivity index (χ4n) is 1.76. The molecule has 1 amide bonds. The van der Waals surface area contributed by atoms with Crippen molar-refractivity contribution < 1.29 is 22.7 Å². The Bertz CT molecular complexity index is 705. The van der Waals surface area contributed by atoms with Crippen LogP contribution in [0.15, 0.2) is 46.9 Å². The predicted octanol–water partition coefficient (Wildman–Crippen LogP) is 5.44. The number of ether oxygens (including phenoxy) is 1. The minimum atomic E-state index is -4.61. The number of rotatable bonds is 4. The lowest BCUT2D eigenvalue weighted by Crippen LogP contribution is -2.17. The summed E-state index contributed by atoms with van der Waals surface area (Å²) >= 11 is 8.59. The standard InChI is InChI=1S/C15H10BrClF3NO2/c16-9-1-3-10(4-2-9)23-11-5-6-12(15(18,19)20)13(7-11)21-14(22)8-17/h1-7H,8H2,(H,21,22). The largest absolute Gasteiger partial charge is 0.457 e. The third-order valence-electron chi connectivity index (χ3n) is 2.74. The van der Waals surface area contributed by atoms with Crippen molar-refractivity contribution in [2.75, 3.05) is 11.2 Å². The number of anilines is 1. The molecule has 0 radical (unpaired) electrons. The Hall–Kier alpha value is -1.73. The molecule has 0 aliphatic carbocycles. The molecule has 0 atom stereocenters. The number of hydrogen-bond donors (Lipinski definition) is 1. The lowest BCUT2D eigenvalue weighted by Gasteiger charge is -2.15. The number of nitrogens with one attached hydrogen (secondary N) is 1. The molecule has 2 rings (SSSR count). The molecule has 2 aromatic carbocycles. The smallest absolute Gasteiger partial charge is 0.418 e. The van der Waals surface area contributed by atoms with Crippen molar-refractivity contribution in [2.45, 2.75) is 6.18 Å². The second kappa shape index (κ2) is 7.23. The van der Waals surface area contributed by atoms with Gasteiger partial charge in [-0.15, -0.1) is 11.6 Å². The Morgan fingerprint density at radius 2 is 1.74 bits per heavy atom. The summed E-state index contributed by atoms with van der Waals surface area (Å²) in [5.74, 6) is -0.583. The van der Waals surface area contributed by atoms with Crippen molar-refractivity contribution in [2.24, 2.45) is 0 Å². The number of alkyl halides is 4. The molecule has 0 saturated heterocycles. The van der Waals surface area contributed by atoms with Gasteiger partial charge in [-0.1, -0.05) is 15.9 Å². The molecule has 0 unspecified atom stereocenters. The predicted molar refractivity (Wildman–Crippen MR) is 85.0 cm³/mol. The first-order valence-electron chi connectivity index (χ1n) is 6.30. The van der Waals surface area contributed by atoms with E-state index in [0.717, 1.165) is 16.6 Å². The molecule has 8 heteroatoms. The molecule has 0 aromatic heterocycles. The Balaban J connectivity index is 2.33. The van der Waals surface area contributed by atoms with E-state index < -0.39 is 29.2 Å². The van der Waals surface area contributed by atoms with Crippen LogP contribution in [-0.2, 0) is 11.0 Å². The average Bonchev–Trinajstić information content (AvgIpc) is 2.48. The fourth-order valence-corrected chi connectivity index (χ4v) is 2.09. The van der Waals surface area contributed by atoms with Crippen LogP contribution in [0.5, 0.6) is 11.5 Å². The minimum absolute atomic E-state index is 0.158.